The Labute approximate surface area is 177 Å². The van der Waals surface area contributed by atoms with Gasteiger partial charge in [-0.2, -0.15) is 5.21 Å². The van der Waals surface area contributed by atoms with Gasteiger partial charge >= 0.3 is 0 Å². The molecule has 0 saturated carbocycles. The number of benzene rings is 2. The van der Waals surface area contributed by atoms with Gasteiger partial charge in [-0.15, -0.1) is 10.2 Å². The van der Waals surface area contributed by atoms with Crippen LogP contribution in [0.2, 0.25) is 0 Å². The van der Waals surface area contributed by atoms with Crippen molar-refractivity contribution in [2.45, 2.75) is 18.6 Å². The van der Waals surface area contributed by atoms with E-state index in [2.05, 4.69) is 67.4 Å². The van der Waals surface area contributed by atoms with E-state index in [1.165, 1.54) is 5.56 Å². The second-order valence-corrected chi connectivity index (χ2v) is 7.97. The Balaban J connectivity index is 1.48. The van der Waals surface area contributed by atoms with Crippen LogP contribution in [-0.4, -0.2) is 40.9 Å². The highest BCUT2D eigenvalue weighted by Gasteiger charge is 2.13. The number of hydrogen-bond donors (Lipinski definition) is 1. The van der Waals surface area contributed by atoms with Crippen LogP contribution in [0.1, 0.15) is 12.5 Å². The lowest BCUT2D eigenvalue weighted by atomic mass is 9.98. The molecule has 0 aliphatic carbocycles. The Morgan fingerprint density at radius 1 is 0.967 bits per heavy atom. The molecular formula is C22H19N7S. The summed E-state index contributed by atoms with van der Waals surface area (Å²) in [6, 6.07) is 20.6. The third-order valence-corrected chi connectivity index (χ3v) is 5.72. The molecule has 148 valence electrons. The van der Waals surface area contributed by atoms with Crippen molar-refractivity contribution in [3.8, 4) is 22.5 Å². The fraction of sp³-hybridized carbons (Fsp3) is 0.136. The monoisotopic (exact) mass is 413 g/mol. The van der Waals surface area contributed by atoms with Crippen molar-refractivity contribution in [3.63, 3.8) is 0 Å². The topological polar surface area (TPSA) is 85.2 Å². The first-order valence-corrected chi connectivity index (χ1v) is 10.7. The second-order valence-electron chi connectivity index (χ2n) is 6.74. The van der Waals surface area contributed by atoms with Crippen LogP contribution < -0.4 is 0 Å². The van der Waals surface area contributed by atoms with Crippen molar-refractivity contribution < 1.29 is 0 Å². The molecule has 30 heavy (non-hydrogen) atoms. The molecule has 0 unspecified atom stereocenters. The maximum atomic E-state index is 4.74. The zero-order valence-corrected chi connectivity index (χ0v) is 17.2. The smallest absolute Gasteiger partial charge is 0.205 e. The number of hydrogen-bond acceptors (Lipinski definition) is 6. The second kappa shape index (κ2) is 8.08. The first kappa shape index (κ1) is 18.5. The standard InChI is InChI=1S/C22H19N7S/c1-2-30-22-24-19-8-5-13-23-21(19)29(22)14-15-9-11-16(12-10-15)17-6-3-4-7-18(17)20-25-27-28-26-20/h3-13H,2,14H2,1H3,(H,25,26,27,28). The van der Waals surface area contributed by atoms with E-state index in [1.807, 2.05) is 36.5 Å². The highest BCUT2D eigenvalue weighted by molar-refractivity contribution is 7.99. The van der Waals surface area contributed by atoms with Gasteiger partial charge in [-0.25, -0.2) is 9.97 Å². The van der Waals surface area contributed by atoms with Gasteiger partial charge in [0.05, 0.1) is 6.54 Å². The number of H-pyrrole nitrogens is 1. The van der Waals surface area contributed by atoms with Crippen LogP contribution in [0.15, 0.2) is 72.0 Å². The number of aromatic nitrogens is 7. The van der Waals surface area contributed by atoms with Crippen molar-refractivity contribution in [2.75, 3.05) is 5.75 Å². The van der Waals surface area contributed by atoms with Crippen molar-refractivity contribution in [3.05, 3.63) is 72.4 Å². The number of nitrogens with zero attached hydrogens (tertiary/aromatic N) is 6. The third kappa shape index (κ3) is 3.46. The lowest BCUT2D eigenvalue weighted by molar-refractivity contribution is 0.724. The average Bonchev–Trinajstić information content (AvgIpc) is 3.44. The minimum atomic E-state index is 0.590. The SMILES string of the molecule is CCSc1nc2cccnc2n1Cc1ccc(-c2ccccc2-c2nn[nH]n2)cc1. The number of rotatable bonds is 6. The molecule has 0 spiro atoms. The molecule has 3 heterocycles. The average molecular weight is 414 g/mol. The normalized spacial score (nSPS) is 11.2. The first-order chi connectivity index (χ1) is 14.8. The lowest BCUT2D eigenvalue weighted by Crippen LogP contribution is -2.02. The van der Waals surface area contributed by atoms with Gasteiger partial charge in [0.15, 0.2) is 10.8 Å². The molecule has 0 aliphatic rings. The third-order valence-electron chi connectivity index (χ3n) is 4.86. The van der Waals surface area contributed by atoms with Gasteiger partial charge in [-0.05, 0) is 39.8 Å². The van der Waals surface area contributed by atoms with Gasteiger partial charge in [0.2, 0.25) is 5.82 Å². The summed E-state index contributed by atoms with van der Waals surface area (Å²) in [4.78, 5) is 9.29. The van der Waals surface area contributed by atoms with E-state index in [1.54, 1.807) is 11.8 Å². The molecule has 0 fully saturated rings. The Bertz CT molecular complexity index is 1280. The summed E-state index contributed by atoms with van der Waals surface area (Å²) in [6.45, 7) is 2.86. The van der Waals surface area contributed by atoms with E-state index in [4.69, 9.17) is 4.98 Å². The number of thioether (sulfide) groups is 1. The molecule has 7 nitrogen and oxygen atoms in total. The lowest BCUT2D eigenvalue weighted by Gasteiger charge is -2.10. The molecule has 2 aromatic carbocycles. The molecule has 8 heteroatoms. The van der Waals surface area contributed by atoms with Crippen LogP contribution in [0.5, 0.6) is 0 Å². The maximum Gasteiger partial charge on any atom is 0.205 e. The van der Waals surface area contributed by atoms with Crippen molar-refractivity contribution >= 4 is 22.9 Å². The van der Waals surface area contributed by atoms with Gasteiger partial charge in [-0.1, -0.05) is 67.2 Å². The van der Waals surface area contributed by atoms with E-state index >= 15 is 0 Å². The molecule has 0 bridgehead atoms. The molecular weight excluding hydrogens is 394 g/mol. The zero-order valence-electron chi connectivity index (χ0n) is 16.4. The number of tetrazole rings is 1. The highest BCUT2D eigenvalue weighted by Crippen LogP contribution is 2.30. The molecule has 5 aromatic rings. The van der Waals surface area contributed by atoms with Crippen LogP contribution >= 0.6 is 11.8 Å². The van der Waals surface area contributed by atoms with E-state index in [0.717, 1.165) is 45.3 Å². The Hall–Kier alpha value is -3.52. The van der Waals surface area contributed by atoms with Crippen molar-refractivity contribution in [2.24, 2.45) is 0 Å². The summed E-state index contributed by atoms with van der Waals surface area (Å²) in [5, 5.41) is 15.5. The van der Waals surface area contributed by atoms with Crippen LogP contribution in [0.4, 0.5) is 0 Å². The van der Waals surface area contributed by atoms with Gasteiger partial charge in [-0.3, -0.25) is 4.57 Å². The molecule has 0 aliphatic heterocycles. The summed E-state index contributed by atoms with van der Waals surface area (Å²) < 4.78 is 2.19. The maximum absolute atomic E-state index is 4.74. The number of fused-ring (bicyclic) bond motifs is 1. The van der Waals surface area contributed by atoms with Gasteiger partial charge in [0, 0.05) is 11.8 Å². The predicted octanol–water partition coefficient (Wildman–Crippen LogP) is 4.44. The van der Waals surface area contributed by atoms with E-state index in [9.17, 15) is 0 Å². The number of imidazole rings is 1. The van der Waals surface area contributed by atoms with Crippen LogP contribution in [0.25, 0.3) is 33.7 Å². The Morgan fingerprint density at radius 3 is 2.57 bits per heavy atom. The summed E-state index contributed by atoms with van der Waals surface area (Å²) in [5.41, 5.74) is 6.17. The molecule has 0 saturated heterocycles. The van der Waals surface area contributed by atoms with Gasteiger partial charge < -0.3 is 0 Å². The van der Waals surface area contributed by atoms with Crippen LogP contribution in [0, 0.1) is 0 Å². The predicted molar refractivity (Wildman–Crippen MR) is 118 cm³/mol. The fourth-order valence-corrected chi connectivity index (χ4v) is 4.23. The van der Waals surface area contributed by atoms with Gasteiger partial charge in [0.25, 0.3) is 0 Å². The Morgan fingerprint density at radius 2 is 1.80 bits per heavy atom. The summed E-state index contributed by atoms with van der Waals surface area (Å²) in [5.74, 6) is 1.56. The zero-order chi connectivity index (χ0) is 20.3. The fourth-order valence-electron chi connectivity index (χ4n) is 3.50. The van der Waals surface area contributed by atoms with E-state index in [0.29, 0.717) is 5.82 Å². The summed E-state index contributed by atoms with van der Waals surface area (Å²) in [7, 11) is 0. The summed E-state index contributed by atoms with van der Waals surface area (Å²) in [6.07, 6.45) is 1.82. The molecule has 0 amide bonds. The van der Waals surface area contributed by atoms with E-state index in [-0.39, 0.29) is 0 Å². The molecule has 0 radical (unpaired) electrons. The van der Waals surface area contributed by atoms with Crippen LogP contribution in [0.3, 0.4) is 0 Å². The van der Waals surface area contributed by atoms with Gasteiger partial charge in [0.1, 0.15) is 5.52 Å². The van der Waals surface area contributed by atoms with Crippen molar-refractivity contribution in [1.82, 2.24) is 35.2 Å². The molecule has 5 rings (SSSR count). The van der Waals surface area contributed by atoms with Crippen molar-refractivity contribution in [1.29, 1.82) is 0 Å². The summed E-state index contributed by atoms with van der Waals surface area (Å²) >= 11 is 1.74. The Kier molecular flexibility index (Phi) is 4.98. The number of aromatic amines is 1. The number of pyridine rings is 1. The molecule has 0 atom stereocenters. The molecule has 1 N–H and O–H groups in total. The highest BCUT2D eigenvalue weighted by atomic mass is 32.2. The largest absolute Gasteiger partial charge is 0.299 e. The van der Waals surface area contributed by atoms with E-state index < -0.39 is 0 Å². The van der Waals surface area contributed by atoms with Crippen LogP contribution in [-0.2, 0) is 6.54 Å². The number of nitrogens with one attached hydrogen (secondary N) is 1. The first-order valence-electron chi connectivity index (χ1n) is 9.69. The minimum Gasteiger partial charge on any atom is -0.299 e. The quantitative estimate of drug-likeness (QED) is 0.414. The minimum absolute atomic E-state index is 0.590. The molecule has 3 aromatic heterocycles.